The molecule has 0 saturated carbocycles. The fourth-order valence-electron chi connectivity index (χ4n) is 4.84. The molecule has 0 aliphatic carbocycles. The van der Waals surface area contributed by atoms with Crippen molar-refractivity contribution in [2.24, 2.45) is 5.92 Å². The molecule has 0 bridgehead atoms. The number of fused-ring (bicyclic) bond motifs is 1. The Morgan fingerprint density at radius 2 is 1.72 bits per heavy atom. The third-order valence-electron chi connectivity index (χ3n) is 6.76. The van der Waals surface area contributed by atoms with Crippen LogP contribution in [0.1, 0.15) is 34.4 Å². The second-order valence-corrected chi connectivity index (χ2v) is 10.5. The first kappa shape index (κ1) is 21.4. The second-order valence-electron chi connectivity index (χ2n) is 8.95. The van der Waals surface area contributed by atoms with Gasteiger partial charge in [0.05, 0.1) is 5.39 Å². The van der Waals surface area contributed by atoms with Crippen LogP contribution in [0.15, 0.2) is 48.5 Å². The lowest BCUT2D eigenvalue weighted by Crippen LogP contribution is -2.35. The highest BCUT2D eigenvalue weighted by Crippen LogP contribution is 2.43. The summed E-state index contributed by atoms with van der Waals surface area (Å²) in [4.78, 5) is 14.0. The van der Waals surface area contributed by atoms with Gasteiger partial charge in [-0.15, -0.1) is 11.3 Å². The molecule has 0 N–H and O–H groups in total. The van der Waals surface area contributed by atoms with E-state index in [0.717, 1.165) is 35.5 Å². The van der Waals surface area contributed by atoms with E-state index < -0.39 is 0 Å². The summed E-state index contributed by atoms with van der Waals surface area (Å²) in [7, 11) is 0. The van der Waals surface area contributed by atoms with Crippen LogP contribution in [0.3, 0.4) is 0 Å². The van der Waals surface area contributed by atoms with E-state index in [0.29, 0.717) is 11.2 Å². The maximum absolute atomic E-state index is 6.39. The number of thiophene rings is 1. The molecular weight excluding hydrogens is 434 g/mol. The van der Waals surface area contributed by atoms with Crippen LogP contribution in [-0.2, 0) is 6.42 Å². The van der Waals surface area contributed by atoms with Crippen LogP contribution in [0, 0.1) is 26.7 Å². The molecule has 3 heterocycles. The summed E-state index contributed by atoms with van der Waals surface area (Å²) in [5.74, 6) is 1.71. The number of benzene rings is 2. The van der Waals surface area contributed by atoms with Crippen LogP contribution in [0.5, 0.6) is 0 Å². The summed E-state index contributed by atoms with van der Waals surface area (Å²) >= 11 is 8.11. The second kappa shape index (κ2) is 8.84. The van der Waals surface area contributed by atoms with Crippen LogP contribution in [0.25, 0.3) is 21.3 Å². The molecule has 164 valence electrons. The van der Waals surface area contributed by atoms with E-state index >= 15 is 0 Å². The van der Waals surface area contributed by atoms with Gasteiger partial charge in [0.15, 0.2) is 0 Å². The number of rotatable bonds is 4. The molecule has 4 aromatic rings. The van der Waals surface area contributed by atoms with Crippen molar-refractivity contribution in [2.75, 3.05) is 18.0 Å². The molecule has 1 fully saturated rings. The lowest BCUT2D eigenvalue weighted by Gasteiger charge is -2.33. The lowest BCUT2D eigenvalue weighted by molar-refractivity contribution is 0.403. The lowest BCUT2D eigenvalue weighted by atomic mass is 9.90. The van der Waals surface area contributed by atoms with Gasteiger partial charge in [-0.25, -0.2) is 4.98 Å². The molecular formula is C27H28ClN3S. The third kappa shape index (κ3) is 4.14. The van der Waals surface area contributed by atoms with Gasteiger partial charge in [-0.05, 0) is 79.8 Å². The molecule has 0 amide bonds. The number of nitrogens with zero attached hydrogens (tertiary/aromatic N) is 3. The van der Waals surface area contributed by atoms with Gasteiger partial charge in [0.1, 0.15) is 10.6 Å². The molecule has 0 radical (unpaired) electrons. The Morgan fingerprint density at radius 3 is 2.44 bits per heavy atom. The Kier molecular flexibility index (Phi) is 5.92. The molecule has 2 aromatic heterocycles. The monoisotopic (exact) mass is 461 g/mol. The van der Waals surface area contributed by atoms with Gasteiger partial charge >= 0.3 is 0 Å². The van der Waals surface area contributed by atoms with Crippen LogP contribution in [0.4, 0.5) is 5.82 Å². The number of aryl methyl sites for hydroxylation is 3. The van der Waals surface area contributed by atoms with Crippen molar-refractivity contribution < 1.29 is 0 Å². The Labute approximate surface area is 199 Å². The normalized spacial score (nSPS) is 14.9. The van der Waals surface area contributed by atoms with E-state index in [9.17, 15) is 0 Å². The topological polar surface area (TPSA) is 29.0 Å². The minimum Gasteiger partial charge on any atom is -0.356 e. The zero-order valence-electron chi connectivity index (χ0n) is 18.9. The van der Waals surface area contributed by atoms with Gasteiger partial charge in [0, 0.05) is 23.5 Å². The third-order valence-corrected chi connectivity index (χ3v) is 7.93. The quantitative estimate of drug-likeness (QED) is 0.296. The van der Waals surface area contributed by atoms with Gasteiger partial charge < -0.3 is 4.90 Å². The minimum absolute atomic E-state index is 0.340. The van der Waals surface area contributed by atoms with Crippen LogP contribution in [-0.4, -0.2) is 23.1 Å². The van der Waals surface area contributed by atoms with Crippen molar-refractivity contribution in [3.63, 3.8) is 0 Å². The smallest absolute Gasteiger partial charge is 0.225 e. The highest BCUT2D eigenvalue weighted by Gasteiger charge is 2.26. The predicted octanol–water partition coefficient (Wildman–Crippen LogP) is 7.40. The molecule has 5 rings (SSSR count). The van der Waals surface area contributed by atoms with E-state index in [-0.39, 0.29) is 0 Å². The molecule has 0 atom stereocenters. The maximum Gasteiger partial charge on any atom is 0.225 e. The predicted molar refractivity (Wildman–Crippen MR) is 137 cm³/mol. The van der Waals surface area contributed by atoms with Gasteiger partial charge in [0.2, 0.25) is 5.28 Å². The number of halogens is 1. The Morgan fingerprint density at radius 1 is 0.969 bits per heavy atom. The van der Waals surface area contributed by atoms with E-state index in [2.05, 4.69) is 79.2 Å². The molecule has 1 aliphatic heterocycles. The molecule has 1 saturated heterocycles. The van der Waals surface area contributed by atoms with Gasteiger partial charge in [-0.3, -0.25) is 0 Å². The Bertz CT molecular complexity index is 1260. The van der Waals surface area contributed by atoms with E-state index in [1.807, 2.05) is 0 Å². The minimum atomic E-state index is 0.340. The molecule has 1 aliphatic rings. The highest BCUT2D eigenvalue weighted by molar-refractivity contribution is 7.19. The van der Waals surface area contributed by atoms with E-state index in [1.165, 1.54) is 45.5 Å². The van der Waals surface area contributed by atoms with Crippen LogP contribution in [0.2, 0.25) is 5.28 Å². The fraction of sp³-hybridized carbons (Fsp3) is 0.333. The molecule has 5 heteroatoms. The van der Waals surface area contributed by atoms with Crippen molar-refractivity contribution in [3.05, 3.63) is 75.4 Å². The summed E-state index contributed by atoms with van der Waals surface area (Å²) in [6.45, 7) is 8.52. The van der Waals surface area contributed by atoms with Crippen molar-refractivity contribution >= 4 is 39.0 Å². The standard InChI is InChI=1S/C27H28ClN3S/c1-17-9-10-22(15-18(17)2)23-19(3)32-26-24(23)25(29-27(28)30-26)31-13-11-21(12-14-31)16-20-7-5-4-6-8-20/h4-10,15,21H,11-14,16H2,1-3H3. The molecule has 0 unspecified atom stereocenters. The van der Waals surface area contributed by atoms with Gasteiger partial charge in [-0.2, -0.15) is 4.98 Å². The largest absolute Gasteiger partial charge is 0.356 e. The van der Waals surface area contributed by atoms with E-state index in [1.54, 1.807) is 11.3 Å². The summed E-state index contributed by atoms with van der Waals surface area (Å²) in [5.41, 5.74) is 6.54. The number of aromatic nitrogens is 2. The van der Waals surface area contributed by atoms with Gasteiger partial charge in [0.25, 0.3) is 0 Å². The first-order chi connectivity index (χ1) is 15.5. The average molecular weight is 462 g/mol. The van der Waals surface area contributed by atoms with Gasteiger partial charge in [-0.1, -0.05) is 48.5 Å². The summed E-state index contributed by atoms with van der Waals surface area (Å²) < 4.78 is 0. The molecule has 32 heavy (non-hydrogen) atoms. The first-order valence-electron chi connectivity index (χ1n) is 11.3. The molecule has 3 nitrogen and oxygen atoms in total. The SMILES string of the molecule is Cc1ccc(-c2c(C)sc3nc(Cl)nc(N4CCC(Cc5ccccc5)CC4)c23)cc1C. The van der Waals surface area contributed by atoms with Crippen molar-refractivity contribution in [1.82, 2.24) is 9.97 Å². The van der Waals surface area contributed by atoms with Crippen molar-refractivity contribution in [1.29, 1.82) is 0 Å². The van der Waals surface area contributed by atoms with Crippen LogP contribution < -0.4 is 4.90 Å². The number of anilines is 1. The van der Waals surface area contributed by atoms with E-state index in [4.69, 9.17) is 16.6 Å². The Hall–Kier alpha value is -2.43. The average Bonchev–Trinajstić information content (AvgIpc) is 3.12. The van der Waals surface area contributed by atoms with Crippen LogP contribution >= 0.6 is 22.9 Å². The first-order valence-corrected chi connectivity index (χ1v) is 12.5. The summed E-state index contributed by atoms with van der Waals surface area (Å²) in [6, 6.07) is 17.6. The zero-order chi connectivity index (χ0) is 22.2. The van der Waals surface area contributed by atoms with Crippen molar-refractivity contribution in [3.8, 4) is 11.1 Å². The number of piperidine rings is 1. The Balaban J connectivity index is 1.48. The number of hydrogen-bond donors (Lipinski definition) is 0. The summed E-state index contributed by atoms with van der Waals surface area (Å²) in [5, 5.41) is 1.49. The molecule has 0 spiro atoms. The zero-order valence-corrected chi connectivity index (χ0v) is 20.4. The summed E-state index contributed by atoms with van der Waals surface area (Å²) in [6.07, 6.45) is 3.49. The fourth-order valence-corrected chi connectivity index (χ4v) is 6.09. The van der Waals surface area contributed by atoms with Crippen molar-refractivity contribution in [2.45, 2.75) is 40.0 Å². The number of hydrogen-bond acceptors (Lipinski definition) is 4. The molecule has 2 aromatic carbocycles. The highest BCUT2D eigenvalue weighted by atomic mass is 35.5. The maximum atomic E-state index is 6.39.